The van der Waals surface area contributed by atoms with Gasteiger partial charge < -0.3 is 14.5 Å². The lowest BCUT2D eigenvalue weighted by Crippen LogP contribution is -2.50. The molecule has 4 aliphatic rings. The van der Waals surface area contributed by atoms with Crippen molar-refractivity contribution in [1.82, 2.24) is 19.8 Å². The highest BCUT2D eigenvalue weighted by Gasteiger charge is 2.51. The topological polar surface area (TPSA) is 100 Å². The standard InChI is InChI=1S/C39H45N5O4/c1-38(2,3)47-36(45)43-19-7-8-33(43)35-41-30-18-13-25(20-31(30)42-35)10-9-24-11-14-26(15-12-24)28-22-32(40-23-28)34-27-16-17-29(21-27)44(34)37(46)48-39(4,5)6/h11-15,18,20,23,27,29,33-34H,7-8,16-17,19,21-22H2,1-6H3,(H,41,42)/t27-,29+,33+,34+/m1/s1. The fourth-order valence-corrected chi connectivity index (χ4v) is 7.57. The molecule has 9 heteroatoms. The minimum atomic E-state index is -0.542. The average Bonchev–Trinajstić information content (AvgIpc) is 3.85. The Labute approximate surface area is 282 Å². The monoisotopic (exact) mass is 647 g/mol. The normalized spacial score (nSPS) is 23.6. The molecule has 4 heterocycles. The number of likely N-dealkylation sites (tertiary alicyclic amines) is 2. The van der Waals surface area contributed by atoms with E-state index in [2.05, 4.69) is 29.0 Å². The number of benzene rings is 2. The van der Waals surface area contributed by atoms with E-state index in [0.29, 0.717) is 12.5 Å². The molecule has 3 fully saturated rings. The lowest BCUT2D eigenvalue weighted by molar-refractivity contribution is 0.0141. The molecule has 2 bridgehead atoms. The van der Waals surface area contributed by atoms with Gasteiger partial charge in [0.1, 0.15) is 17.0 Å². The van der Waals surface area contributed by atoms with Crippen LogP contribution < -0.4 is 0 Å². The number of aromatic nitrogens is 2. The largest absolute Gasteiger partial charge is 0.444 e. The highest BCUT2D eigenvalue weighted by Crippen LogP contribution is 2.45. The van der Waals surface area contributed by atoms with E-state index in [1.54, 1.807) is 4.90 Å². The minimum Gasteiger partial charge on any atom is -0.444 e. The van der Waals surface area contributed by atoms with E-state index in [4.69, 9.17) is 19.5 Å². The molecule has 250 valence electrons. The van der Waals surface area contributed by atoms with Crippen LogP contribution in [0.3, 0.4) is 0 Å². The van der Waals surface area contributed by atoms with E-state index in [0.717, 1.165) is 83.4 Å². The number of imidazole rings is 1. The van der Waals surface area contributed by atoms with Gasteiger partial charge in [-0.1, -0.05) is 24.0 Å². The number of aliphatic imine (C=N–C) groups is 1. The Morgan fingerprint density at radius 3 is 2.35 bits per heavy atom. The Kier molecular flexibility index (Phi) is 8.09. The average molecular weight is 648 g/mol. The number of fused-ring (bicyclic) bond motifs is 3. The predicted octanol–water partition coefficient (Wildman–Crippen LogP) is 8.01. The number of ether oxygens (including phenoxy) is 2. The van der Waals surface area contributed by atoms with Crippen LogP contribution in [-0.4, -0.2) is 67.5 Å². The molecule has 0 unspecified atom stereocenters. The first-order valence-corrected chi connectivity index (χ1v) is 17.2. The number of piperidine rings is 1. The van der Waals surface area contributed by atoms with Crippen molar-refractivity contribution in [3.8, 4) is 11.8 Å². The van der Waals surface area contributed by atoms with Gasteiger partial charge in [0.25, 0.3) is 0 Å². The van der Waals surface area contributed by atoms with Crippen LogP contribution in [0.1, 0.15) is 109 Å². The second-order valence-corrected chi connectivity index (χ2v) is 15.5. The molecular weight excluding hydrogens is 602 g/mol. The van der Waals surface area contributed by atoms with Crippen molar-refractivity contribution in [3.63, 3.8) is 0 Å². The van der Waals surface area contributed by atoms with Gasteiger partial charge in [0, 0.05) is 42.0 Å². The predicted molar refractivity (Wildman–Crippen MR) is 186 cm³/mol. The molecule has 9 nitrogen and oxygen atoms in total. The maximum absolute atomic E-state index is 13.2. The van der Waals surface area contributed by atoms with Gasteiger partial charge in [-0.2, -0.15) is 0 Å². The lowest BCUT2D eigenvalue weighted by Gasteiger charge is -2.36. The molecule has 1 aliphatic carbocycles. The summed E-state index contributed by atoms with van der Waals surface area (Å²) in [6, 6.07) is 14.4. The van der Waals surface area contributed by atoms with Crippen molar-refractivity contribution in [1.29, 1.82) is 0 Å². The summed E-state index contributed by atoms with van der Waals surface area (Å²) < 4.78 is 11.4. The Bertz CT molecular complexity index is 1860. The maximum Gasteiger partial charge on any atom is 0.411 e. The van der Waals surface area contributed by atoms with Gasteiger partial charge >= 0.3 is 12.2 Å². The Morgan fingerprint density at radius 2 is 1.60 bits per heavy atom. The van der Waals surface area contributed by atoms with Crippen LogP contribution in [0.2, 0.25) is 0 Å². The number of aromatic amines is 1. The van der Waals surface area contributed by atoms with E-state index >= 15 is 0 Å². The van der Waals surface area contributed by atoms with E-state index in [9.17, 15) is 9.59 Å². The van der Waals surface area contributed by atoms with Crippen molar-refractivity contribution in [3.05, 3.63) is 71.2 Å². The van der Waals surface area contributed by atoms with Gasteiger partial charge in [-0.3, -0.25) is 14.8 Å². The van der Waals surface area contributed by atoms with Crippen molar-refractivity contribution >= 4 is 34.5 Å². The Hall–Kier alpha value is -4.58. The summed E-state index contributed by atoms with van der Waals surface area (Å²) in [4.78, 5) is 42.8. The summed E-state index contributed by atoms with van der Waals surface area (Å²) in [6.07, 6.45) is 7.15. The van der Waals surface area contributed by atoms with E-state index < -0.39 is 11.2 Å². The number of carbonyl (C=O) groups is 2. The van der Waals surface area contributed by atoms with Crippen LogP contribution in [0.4, 0.5) is 9.59 Å². The Balaban J connectivity index is 1.000. The number of nitrogens with one attached hydrogen (secondary N) is 1. The van der Waals surface area contributed by atoms with Crippen LogP contribution in [-0.2, 0) is 9.47 Å². The van der Waals surface area contributed by atoms with Crippen molar-refractivity contribution in [2.75, 3.05) is 6.54 Å². The molecule has 3 aromatic rings. The number of H-pyrrole nitrogens is 1. The quantitative estimate of drug-likeness (QED) is 0.290. The Morgan fingerprint density at radius 1 is 0.896 bits per heavy atom. The third kappa shape index (κ3) is 6.58. The highest BCUT2D eigenvalue weighted by atomic mass is 16.6. The third-order valence-corrected chi connectivity index (χ3v) is 9.59. The molecule has 4 atom stereocenters. The molecule has 3 aliphatic heterocycles. The van der Waals surface area contributed by atoms with Crippen molar-refractivity contribution in [2.45, 2.75) is 109 Å². The molecule has 48 heavy (non-hydrogen) atoms. The maximum atomic E-state index is 13.2. The number of hydrogen-bond acceptors (Lipinski definition) is 6. The van der Waals surface area contributed by atoms with E-state index in [1.165, 1.54) is 0 Å². The van der Waals surface area contributed by atoms with Crippen LogP contribution in [0.15, 0.2) is 53.7 Å². The van der Waals surface area contributed by atoms with Crippen LogP contribution >= 0.6 is 0 Å². The molecule has 0 spiro atoms. The number of amides is 2. The highest BCUT2D eigenvalue weighted by molar-refractivity contribution is 6.03. The number of hydrogen-bond donors (Lipinski definition) is 1. The lowest BCUT2D eigenvalue weighted by atomic mass is 9.90. The molecule has 0 radical (unpaired) electrons. The third-order valence-electron chi connectivity index (χ3n) is 9.59. The van der Waals surface area contributed by atoms with Gasteiger partial charge in [-0.05, 0) is 121 Å². The van der Waals surface area contributed by atoms with Crippen molar-refractivity contribution < 1.29 is 19.1 Å². The van der Waals surface area contributed by atoms with Gasteiger partial charge in [-0.15, -0.1) is 0 Å². The number of nitrogens with zero attached hydrogens (tertiary/aromatic N) is 4. The first-order valence-electron chi connectivity index (χ1n) is 17.2. The first kappa shape index (κ1) is 32.0. The summed E-state index contributed by atoms with van der Waals surface area (Å²) in [6.45, 7) is 12.1. The zero-order chi connectivity index (χ0) is 33.8. The zero-order valence-electron chi connectivity index (χ0n) is 28.8. The fourth-order valence-electron chi connectivity index (χ4n) is 7.57. The van der Waals surface area contributed by atoms with E-state index in [-0.39, 0.29) is 30.3 Å². The number of rotatable bonds is 3. The SMILES string of the molecule is CC(C)(C)OC(=O)N1CCC[C@H]1c1nc2ccc(C#Cc3ccc(C4=CN=C([C@@H]5[C@@H]6CC[C@@H](C6)N5C(=O)OC(C)(C)C)C4)cc3)cc2[nH]1. The zero-order valence-corrected chi connectivity index (χ0v) is 28.8. The van der Waals surface area contributed by atoms with Crippen LogP contribution in [0.25, 0.3) is 16.6 Å². The summed E-state index contributed by atoms with van der Waals surface area (Å²) >= 11 is 0. The first-order chi connectivity index (χ1) is 22.8. The molecule has 2 aromatic carbocycles. The van der Waals surface area contributed by atoms with E-state index in [1.807, 2.05) is 83.0 Å². The summed E-state index contributed by atoms with van der Waals surface area (Å²) in [5.74, 6) is 7.82. The van der Waals surface area contributed by atoms with Crippen LogP contribution in [0.5, 0.6) is 0 Å². The fraction of sp³-hybridized carbons (Fsp3) is 0.487. The second-order valence-electron chi connectivity index (χ2n) is 15.5. The molecular formula is C39H45N5O4. The molecule has 1 aromatic heterocycles. The van der Waals surface area contributed by atoms with Gasteiger partial charge in [0.2, 0.25) is 0 Å². The molecule has 7 rings (SSSR count). The summed E-state index contributed by atoms with van der Waals surface area (Å²) in [7, 11) is 0. The van der Waals surface area contributed by atoms with Crippen molar-refractivity contribution in [2.24, 2.45) is 10.9 Å². The minimum absolute atomic E-state index is 0.0165. The smallest absolute Gasteiger partial charge is 0.411 e. The van der Waals surface area contributed by atoms with Gasteiger partial charge in [0.15, 0.2) is 0 Å². The van der Waals surface area contributed by atoms with Gasteiger partial charge in [-0.25, -0.2) is 14.6 Å². The second kappa shape index (κ2) is 12.1. The molecule has 1 saturated carbocycles. The van der Waals surface area contributed by atoms with Crippen LogP contribution in [0, 0.1) is 17.8 Å². The summed E-state index contributed by atoms with van der Waals surface area (Å²) in [5, 5.41) is 0. The molecule has 2 saturated heterocycles. The number of carbonyl (C=O) groups excluding carboxylic acids is 2. The summed E-state index contributed by atoms with van der Waals surface area (Å²) in [5.41, 5.74) is 5.83. The molecule has 1 N–H and O–H groups in total. The number of allylic oxidation sites excluding steroid dienone is 1. The van der Waals surface area contributed by atoms with Gasteiger partial charge in [0.05, 0.1) is 23.1 Å². The molecule has 2 amide bonds.